The van der Waals surface area contributed by atoms with Gasteiger partial charge in [-0.15, -0.1) is 0 Å². The van der Waals surface area contributed by atoms with Gasteiger partial charge in [-0.25, -0.2) is 4.57 Å². The first-order chi connectivity index (χ1) is 17.0. The van der Waals surface area contributed by atoms with Crippen molar-refractivity contribution in [3.8, 4) is 17.6 Å². The third kappa shape index (κ3) is 7.35. The summed E-state index contributed by atoms with van der Waals surface area (Å²) in [7, 11) is -4.10. The predicted octanol–water partition coefficient (Wildman–Crippen LogP) is 7.90. The maximum Gasteiger partial charge on any atom is 0.450 e. The van der Waals surface area contributed by atoms with Crippen LogP contribution in [0.25, 0.3) is 0 Å². The lowest BCUT2D eigenvalue weighted by Gasteiger charge is -2.28. The van der Waals surface area contributed by atoms with Crippen LogP contribution in [0, 0.1) is 25.2 Å². The molecular formula is C25H22Cl3N2O4PS. The number of nitrogens with zero attached hydrogens (tertiary/aromatic N) is 2. The first-order valence-electron chi connectivity index (χ1n) is 10.6. The van der Waals surface area contributed by atoms with Gasteiger partial charge in [0, 0.05) is 15.1 Å². The van der Waals surface area contributed by atoms with Gasteiger partial charge in [-0.3, -0.25) is 4.79 Å². The van der Waals surface area contributed by atoms with Gasteiger partial charge in [0.2, 0.25) is 5.91 Å². The van der Waals surface area contributed by atoms with E-state index in [4.69, 9.17) is 43.9 Å². The average molecular weight is 584 g/mol. The molecule has 0 bridgehead atoms. The summed E-state index contributed by atoms with van der Waals surface area (Å²) in [4.78, 5) is 14.4. The molecule has 1 atom stereocenters. The van der Waals surface area contributed by atoms with Gasteiger partial charge in [0.05, 0.1) is 6.07 Å². The highest BCUT2D eigenvalue weighted by molar-refractivity contribution is 7.81. The minimum atomic E-state index is -4.10. The molecule has 0 saturated heterocycles. The Hall–Kier alpha value is -2.33. The summed E-state index contributed by atoms with van der Waals surface area (Å²) in [6, 6.07) is 18.0. The summed E-state index contributed by atoms with van der Waals surface area (Å²) in [5.41, 5.74) is 1.96. The zero-order valence-electron chi connectivity index (χ0n) is 19.3. The van der Waals surface area contributed by atoms with Gasteiger partial charge >= 0.3 is 7.60 Å². The fourth-order valence-electron chi connectivity index (χ4n) is 3.20. The number of hydrogen-bond donors (Lipinski definition) is 1. The van der Waals surface area contributed by atoms with Gasteiger partial charge in [0.25, 0.3) is 0 Å². The summed E-state index contributed by atoms with van der Waals surface area (Å²) >= 11 is 22.6. The molecule has 0 saturated carbocycles. The molecule has 0 aliphatic heterocycles. The number of aryl methyl sites for hydroxylation is 2. The Morgan fingerprint density at radius 2 is 1.47 bits per heavy atom. The number of hydrogen-bond acceptors (Lipinski definition) is 6. The molecule has 0 N–H and O–H groups in total. The maximum absolute atomic E-state index is 14.1. The molecule has 6 nitrogen and oxygen atoms in total. The second-order valence-electron chi connectivity index (χ2n) is 7.91. The van der Waals surface area contributed by atoms with Crippen LogP contribution in [0.4, 0.5) is 0 Å². The van der Waals surface area contributed by atoms with E-state index in [1.165, 1.54) is 0 Å². The Balaban J connectivity index is 1.95. The monoisotopic (exact) mass is 582 g/mol. The normalized spacial score (nSPS) is 11.9. The fourth-order valence-corrected chi connectivity index (χ4v) is 5.57. The Morgan fingerprint density at radius 3 is 1.92 bits per heavy atom. The molecule has 1 unspecified atom stereocenters. The van der Waals surface area contributed by atoms with Gasteiger partial charge in [-0.05, 0) is 79.1 Å². The zero-order valence-corrected chi connectivity index (χ0v) is 23.4. The largest absolute Gasteiger partial charge is 0.450 e. The minimum absolute atomic E-state index is 0.232. The lowest BCUT2D eigenvalue weighted by molar-refractivity contribution is -0.129. The van der Waals surface area contributed by atoms with E-state index in [2.05, 4.69) is 12.6 Å². The van der Waals surface area contributed by atoms with Crippen LogP contribution < -0.4 is 9.05 Å². The SMILES string of the molecule is Cc1cc(OP(=O)(CN(CC#N)C(=O)C(S)c2ccc(Cl)cc2)Oc2ccc(Cl)c(C)c2)ccc1Cl. The summed E-state index contributed by atoms with van der Waals surface area (Å²) in [5, 5.41) is 9.99. The van der Waals surface area contributed by atoms with Crippen molar-refractivity contribution >= 4 is 60.9 Å². The molecule has 3 aromatic rings. The summed E-state index contributed by atoms with van der Waals surface area (Å²) < 4.78 is 25.8. The zero-order chi connectivity index (χ0) is 26.5. The number of rotatable bonds is 9. The van der Waals surface area contributed by atoms with Crippen LogP contribution in [0.5, 0.6) is 11.5 Å². The van der Waals surface area contributed by atoms with Gasteiger partial charge in [-0.1, -0.05) is 46.9 Å². The van der Waals surface area contributed by atoms with E-state index in [-0.39, 0.29) is 18.0 Å². The third-order valence-electron chi connectivity index (χ3n) is 5.08. The van der Waals surface area contributed by atoms with Gasteiger partial charge in [0.15, 0.2) is 0 Å². The second-order valence-corrected chi connectivity index (χ2v) is 11.5. The Kier molecular flexibility index (Phi) is 9.63. The van der Waals surface area contributed by atoms with Crippen LogP contribution in [0.2, 0.25) is 15.1 Å². The Labute approximate surface area is 230 Å². The van der Waals surface area contributed by atoms with Crippen LogP contribution in [0.1, 0.15) is 21.9 Å². The Bertz CT molecular complexity index is 1290. The number of nitriles is 1. The van der Waals surface area contributed by atoms with E-state index in [9.17, 15) is 14.6 Å². The summed E-state index contributed by atoms with van der Waals surface area (Å²) in [6.45, 7) is 3.18. The van der Waals surface area contributed by atoms with Gasteiger partial charge in [-0.2, -0.15) is 17.9 Å². The Morgan fingerprint density at radius 1 is 0.972 bits per heavy atom. The molecule has 36 heavy (non-hydrogen) atoms. The molecule has 0 fully saturated rings. The van der Waals surface area contributed by atoms with Crippen LogP contribution in [0.15, 0.2) is 60.7 Å². The van der Waals surface area contributed by atoms with Crippen LogP contribution in [-0.4, -0.2) is 23.6 Å². The van der Waals surface area contributed by atoms with Gasteiger partial charge in [0.1, 0.15) is 29.6 Å². The first-order valence-corrected chi connectivity index (χ1v) is 14.0. The topological polar surface area (TPSA) is 79.6 Å². The van der Waals surface area contributed by atoms with Crippen LogP contribution in [-0.2, 0) is 9.36 Å². The van der Waals surface area contributed by atoms with Crippen molar-refractivity contribution in [1.29, 1.82) is 5.26 Å². The van der Waals surface area contributed by atoms with E-state index in [0.717, 1.165) is 4.90 Å². The molecule has 188 valence electrons. The van der Waals surface area contributed by atoms with Crippen LogP contribution in [0.3, 0.4) is 0 Å². The van der Waals surface area contributed by atoms with Crippen molar-refractivity contribution in [3.05, 3.63) is 92.4 Å². The average Bonchev–Trinajstić information content (AvgIpc) is 2.83. The molecular weight excluding hydrogens is 562 g/mol. The minimum Gasteiger partial charge on any atom is -0.415 e. The van der Waals surface area contributed by atoms with Crippen molar-refractivity contribution in [3.63, 3.8) is 0 Å². The number of halogens is 3. The predicted molar refractivity (Wildman–Crippen MR) is 147 cm³/mol. The molecule has 0 aliphatic rings. The molecule has 3 aromatic carbocycles. The lowest BCUT2D eigenvalue weighted by Crippen LogP contribution is -2.36. The van der Waals surface area contributed by atoms with E-state index in [1.807, 2.05) is 6.07 Å². The molecule has 0 radical (unpaired) electrons. The smallest absolute Gasteiger partial charge is 0.415 e. The number of benzene rings is 3. The molecule has 0 heterocycles. The van der Waals surface area contributed by atoms with E-state index < -0.39 is 25.0 Å². The number of carbonyl (C=O) groups excluding carboxylic acids is 1. The van der Waals surface area contributed by atoms with E-state index >= 15 is 0 Å². The molecule has 11 heteroatoms. The third-order valence-corrected chi connectivity index (χ3v) is 8.37. The van der Waals surface area contributed by atoms with Crippen molar-refractivity contribution in [2.45, 2.75) is 19.1 Å². The molecule has 1 amide bonds. The highest BCUT2D eigenvalue weighted by Gasteiger charge is 2.36. The lowest BCUT2D eigenvalue weighted by atomic mass is 10.1. The first kappa shape index (κ1) is 28.2. The molecule has 0 aromatic heterocycles. The van der Waals surface area contributed by atoms with Crippen molar-refractivity contribution in [1.82, 2.24) is 4.90 Å². The summed E-state index contributed by atoms with van der Waals surface area (Å²) in [6.07, 6.45) is -0.507. The van der Waals surface area contributed by atoms with Crippen molar-refractivity contribution in [2.24, 2.45) is 0 Å². The summed E-state index contributed by atoms with van der Waals surface area (Å²) in [5.74, 6) is -0.0833. The highest BCUT2D eigenvalue weighted by Crippen LogP contribution is 2.50. The van der Waals surface area contributed by atoms with E-state index in [1.54, 1.807) is 74.5 Å². The second kappa shape index (κ2) is 12.3. The highest BCUT2D eigenvalue weighted by atomic mass is 35.5. The number of thiol groups is 1. The number of carbonyl (C=O) groups is 1. The molecule has 3 rings (SSSR count). The van der Waals surface area contributed by atoms with E-state index in [0.29, 0.717) is 31.8 Å². The standard InChI is InChI=1S/C25H22Cl3N2O4PS/c1-16-13-20(7-9-22(16)27)33-35(32,34-21-8-10-23(28)17(2)14-21)15-30(12-11-29)25(31)24(36)18-3-5-19(26)6-4-18/h3-10,13-14,24,36H,12,15H2,1-2H3. The maximum atomic E-state index is 14.1. The van der Waals surface area contributed by atoms with Crippen LogP contribution >= 0.6 is 55.0 Å². The fraction of sp³-hybridized carbons (Fsp3) is 0.200. The van der Waals surface area contributed by atoms with Gasteiger partial charge < -0.3 is 13.9 Å². The quantitative estimate of drug-likeness (QED) is 0.157. The van der Waals surface area contributed by atoms with Crippen molar-refractivity contribution < 1.29 is 18.4 Å². The van der Waals surface area contributed by atoms with Crippen molar-refractivity contribution in [2.75, 3.05) is 12.8 Å². The molecule has 0 aliphatic carbocycles. The number of amides is 1. The molecule has 0 spiro atoms.